The Bertz CT molecular complexity index is 758. The summed E-state index contributed by atoms with van der Waals surface area (Å²) < 4.78 is 5.88. The van der Waals surface area contributed by atoms with Crippen molar-refractivity contribution in [1.82, 2.24) is 0 Å². The minimum Gasteiger partial charge on any atom is -0.452 e. The molecule has 0 unspecified atom stereocenters. The predicted octanol–water partition coefficient (Wildman–Crippen LogP) is 3.58. The van der Waals surface area contributed by atoms with Gasteiger partial charge >= 0.3 is 5.97 Å². The number of carbonyl (C=O) groups excluding carboxylic acids is 2. The molecule has 1 amide bonds. The van der Waals surface area contributed by atoms with Crippen molar-refractivity contribution in [2.75, 3.05) is 11.9 Å². The van der Waals surface area contributed by atoms with Crippen molar-refractivity contribution in [2.45, 2.75) is 19.3 Å². The van der Waals surface area contributed by atoms with Gasteiger partial charge in [-0.2, -0.15) is 0 Å². The van der Waals surface area contributed by atoms with Crippen LogP contribution >= 0.6 is 22.6 Å². The molecule has 0 fully saturated rings. The molecule has 0 saturated carbocycles. The van der Waals surface area contributed by atoms with E-state index < -0.39 is 5.97 Å². The molecule has 23 heavy (non-hydrogen) atoms. The number of halogens is 1. The van der Waals surface area contributed by atoms with Gasteiger partial charge in [-0.05, 0) is 77.2 Å². The van der Waals surface area contributed by atoms with Gasteiger partial charge in [-0.1, -0.05) is 18.2 Å². The number of anilines is 1. The number of aryl methyl sites for hydroxylation is 2. The first-order valence-electron chi connectivity index (χ1n) is 7.47. The van der Waals surface area contributed by atoms with E-state index >= 15 is 0 Å². The van der Waals surface area contributed by atoms with Crippen LogP contribution < -0.4 is 5.32 Å². The van der Waals surface area contributed by atoms with E-state index in [9.17, 15) is 9.59 Å². The lowest BCUT2D eigenvalue weighted by Crippen LogP contribution is -2.21. The summed E-state index contributed by atoms with van der Waals surface area (Å²) in [4.78, 5) is 23.9. The Morgan fingerprint density at radius 2 is 1.87 bits per heavy atom. The quantitative estimate of drug-likeness (QED) is 0.607. The van der Waals surface area contributed by atoms with Crippen molar-refractivity contribution < 1.29 is 14.3 Å². The summed E-state index contributed by atoms with van der Waals surface area (Å²) in [6.07, 6.45) is 3.33. The SMILES string of the molecule is O=C(COC(=O)c1ccccc1I)Nc1ccc2c(c1)CCC2. The maximum Gasteiger partial charge on any atom is 0.339 e. The van der Waals surface area contributed by atoms with Gasteiger partial charge in [0.05, 0.1) is 5.56 Å². The summed E-state index contributed by atoms with van der Waals surface area (Å²) in [7, 11) is 0. The van der Waals surface area contributed by atoms with Crippen LogP contribution in [0.5, 0.6) is 0 Å². The fourth-order valence-corrected chi connectivity index (χ4v) is 3.29. The van der Waals surface area contributed by atoms with Gasteiger partial charge in [-0.25, -0.2) is 4.79 Å². The number of nitrogens with one attached hydrogen (secondary N) is 1. The van der Waals surface area contributed by atoms with E-state index in [4.69, 9.17) is 4.74 Å². The molecule has 2 aromatic rings. The molecule has 1 N–H and O–H groups in total. The van der Waals surface area contributed by atoms with E-state index in [1.165, 1.54) is 17.5 Å². The van der Waals surface area contributed by atoms with E-state index in [1.54, 1.807) is 12.1 Å². The fraction of sp³-hybridized carbons (Fsp3) is 0.222. The molecule has 0 aliphatic heterocycles. The van der Waals surface area contributed by atoms with E-state index in [1.807, 2.05) is 24.3 Å². The minimum atomic E-state index is -0.487. The van der Waals surface area contributed by atoms with Crippen LogP contribution in [0.25, 0.3) is 0 Å². The Morgan fingerprint density at radius 3 is 2.70 bits per heavy atom. The smallest absolute Gasteiger partial charge is 0.339 e. The molecule has 1 aliphatic carbocycles. The van der Waals surface area contributed by atoms with Crippen LogP contribution in [0.4, 0.5) is 5.69 Å². The molecule has 0 heterocycles. The van der Waals surface area contributed by atoms with Crippen molar-refractivity contribution in [3.05, 3.63) is 62.7 Å². The van der Waals surface area contributed by atoms with Gasteiger partial charge in [0.15, 0.2) is 6.61 Å². The first kappa shape index (κ1) is 16.0. The third kappa shape index (κ3) is 3.90. The molecule has 0 bridgehead atoms. The first-order chi connectivity index (χ1) is 11.1. The van der Waals surface area contributed by atoms with Gasteiger partial charge < -0.3 is 10.1 Å². The van der Waals surface area contributed by atoms with Crippen LogP contribution in [0.2, 0.25) is 0 Å². The average molecular weight is 421 g/mol. The predicted molar refractivity (Wildman–Crippen MR) is 96.5 cm³/mol. The molecule has 4 nitrogen and oxygen atoms in total. The Morgan fingerprint density at radius 1 is 1.09 bits per heavy atom. The van der Waals surface area contributed by atoms with Gasteiger partial charge in [0, 0.05) is 9.26 Å². The van der Waals surface area contributed by atoms with Crippen molar-refractivity contribution in [2.24, 2.45) is 0 Å². The zero-order chi connectivity index (χ0) is 16.2. The van der Waals surface area contributed by atoms with Gasteiger partial charge in [0.1, 0.15) is 0 Å². The number of ether oxygens (including phenoxy) is 1. The molecule has 3 rings (SSSR count). The second kappa shape index (κ2) is 7.12. The lowest BCUT2D eigenvalue weighted by molar-refractivity contribution is -0.119. The normalized spacial score (nSPS) is 12.6. The second-order valence-corrected chi connectivity index (χ2v) is 6.60. The highest BCUT2D eigenvalue weighted by molar-refractivity contribution is 14.1. The maximum atomic E-state index is 12.0. The number of carbonyl (C=O) groups is 2. The van der Waals surface area contributed by atoms with E-state index in [-0.39, 0.29) is 12.5 Å². The highest BCUT2D eigenvalue weighted by Gasteiger charge is 2.14. The van der Waals surface area contributed by atoms with Gasteiger partial charge in [-0.15, -0.1) is 0 Å². The lowest BCUT2D eigenvalue weighted by atomic mass is 10.1. The average Bonchev–Trinajstić information content (AvgIpc) is 3.01. The number of hydrogen-bond donors (Lipinski definition) is 1. The standard InChI is InChI=1S/C18H16INO3/c19-16-7-2-1-6-15(16)18(22)23-11-17(21)20-14-9-8-12-4-3-5-13(12)10-14/h1-2,6-10H,3-5,11H2,(H,20,21). The van der Waals surface area contributed by atoms with E-state index in [0.29, 0.717) is 5.56 Å². The van der Waals surface area contributed by atoms with Crippen LogP contribution in [-0.4, -0.2) is 18.5 Å². The number of amides is 1. The van der Waals surface area contributed by atoms with Gasteiger partial charge in [-0.3, -0.25) is 4.79 Å². The summed E-state index contributed by atoms with van der Waals surface area (Å²) in [5, 5.41) is 2.78. The third-order valence-corrected chi connectivity index (χ3v) is 4.75. The molecule has 5 heteroatoms. The van der Waals surface area contributed by atoms with Crippen molar-refractivity contribution in [3.8, 4) is 0 Å². The monoisotopic (exact) mass is 421 g/mol. The molecule has 0 saturated heterocycles. The summed E-state index contributed by atoms with van der Waals surface area (Å²) >= 11 is 2.07. The largest absolute Gasteiger partial charge is 0.452 e. The van der Waals surface area contributed by atoms with Crippen molar-refractivity contribution >= 4 is 40.2 Å². The summed E-state index contributed by atoms with van der Waals surface area (Å²) in [5.74, 6) is -0.818. The Kier molecular flexibility index (Phi) is 4.95. The molecule has 0 spiro atoms. The number of fused-ring (bicyclic) bond motifs is 1. The number of rotatable bonds is 4. The highest BCUT2D eigenvalue weighted by Crippen LogP contribution is 2.24. The van der Waals surface area contributed by atoms with Gasteiger partial charge in [0.25, 0.3) is 5.91 Å². The molecular formula is C18H16INO3. The maximum absolute atomic E-state index is 12.0. The summed E-state index contributed by atoms with van der Waals surface area (Å²) in [6, 6.07) is 13.1. The number of hydrogen-bond acceptors (Lipinski definition) is 3. The molecule has 2 aromatic carbocycles. The molecule has 1 aliphatic rings. The summed E-state index contributed by atoms with van der Waals surface area (Å²) in [6.45, 7) is -0.291. The third-order valence-electron chi connectivity index (χ3n) is 3.81. The number of esters is 1. The van der Waals surface area contributed by atoms with Crippen LogP contribution in [0, 0.1) is 3.57 Å². The zero-order valence-electron chi connectivity index (χ0n) is 12.5. The van der Waals surface area contributed by atoms with Crippen LogP contribution in [0.1, 0.15) is 27.9 Å². The Hall–Kier alpha value is -1.89. The fourth-order valence-electron chi connectivity index (χ4n) is 2.68. The second-order valence-electron chi connectivity index (χ2n) is 5.44. The first-order valence-corrected chi connectivity index (χ1v) is 8.54. The molecule has 118 valence electrons. The van der Waals surface area contributed by atoms with Crippen molar-refractivity contribution in [3.63, 3.8) is 0 Å². The van der Waals surface area contributed by atoms with Gasteiger partial charge in [0.2, 0.25) is 0 Å². The molecule has 0 radical (unpaired) electrons. The van der Waals surface area contributed by atoms with Crippen LogP contribution in [0.15, 0.2) is 42.5 Å². The van der Waals surface area contributed by atoms with Crippen LogP contribution in [-0.2, 0) is 22.4 Å². The Labute approximate surface area is 148 Å². The number of benzene rings is 2. The molecule has 0 aromatic heterocycles. The zero-order valence-corrected chi connectivity index (χ0v) is 14.6. The molecule has 0 atom stereocenters. The Balaban J connectivity index is 1.56. The topological polar surface area (TPSA) is 55.4 Å². The van der Waals surface area contributed by atoms with Crippen LogP contribution in [0.3, 0.4) is 0 Å². The lowest BCUT2D eigenvalue weighted by Gasteiger charge is -2.09. The van der Waals surface area contributed by atoms with Crippen molar-refractivity contribution in [1.29, 1.82) is 0 Å². The van der Waals surface area contributed by atoms with E-state index in [2.05, 4.69) is 34.0 Å². The molecular weight excluding hydrogens is 405 g/mol. The summed E-state index contributed by atoms with van der Waals surface area (Å²) in [5.41, 5.74) is 3.87. The minimum absolute atomic E-state index is 0.291. The highest BCUT2D eigenvalue weighted by atomic mass is 127. The van der Waals surface area contributed by atoms with E-state index in [0.717, 1.165) is 22.1 Å².